The number of aryl methyl sites for hydroxylation is 1. The van der Waals surface area contributed by atoms with Gasteiger partial charge in [0.2, 0.25) is 0 Å². The summed E-state index contributed by atoms with van der Waals surface area (Å²) in [5.74, 6) is 1.96. The lowest BCUT2D eigenvalue weighted by molar-refractivity contribution is 0.980. The lowest BCUT2D eigenvalue weighted by atomic mass is 10.5. The van der Waals surface area contributed by atoms with Gasteiger partial charge in [-0.1, -0.05) is 6.92 Å². The fraction of sp³-hybridized carbons (Fsp3) is 0.429. The van der Waals surface area contributed by atoms with E-state index in [-0.39, 0.29) is 0 Å². The van der Waals surface area contributed by atoms with Gasteiger partial charge in [-0.25, -0.2) is 4.98 Å². The maximum absolute atomic E-state index is 4.30. The number of hydrogen-bond acceptors (Lipinski definition) is 2. The van der Waals surface area contributed by atoms with Gasteiger partial charge in [0, 0.05) is 24.6 Å². The van der Waals surface area contributed by atoms with Gasteiger partial charge < -0.3 is 4.98 Å². The monoisotopic (exact) mass is 155 g/mol. The lowest BCUT2D eigenvalue weighted by Gasteiger charge is -1.86. The molecular weight excluding hydrogens is 144 g/mol. The number of aromatic amines is 1. The molecule has 1 aromatic rings. The maximum Gasteiger partial charge on any atom is 0.106 e. The van der Waals surface area contributed by atoms with Gasteiger partial charge in [0.15, 0.2) is 0 Å². The molecule has 10 heavy (non-hydrogen) atoms. The molecule has 2 nitrogen and oxygen atoms in total. The molecule has 1 heterocycles. The average Bonchev–Trinajstić information content (AvgIpc) is 2.37. The fourth-order valence-electron chi connectivity index (χ4n) is 0.764. The van der Waals surface area contributed by atoms with Crippen molar-refractivity contribution < 1.29 is 0 Å². The maximum atomic E-state index is 4.30. The van der Waals surface area contributed by atoms with Crippen LogP contribution in [0.15, 0.2) is 6.20 Å². The number of imidazole rings is 1. The second-order valence-electron chi connectivity index (χ2n) is 2.04. The molecule has 3 heteroatoms. The van der Waals surface area contributed by atoms with Crippen LogP contribution in [-0.2, 0) is 12.2 Å². The van der Waals surface area contributed by atoms with E-state index in [2.05, 4.69) is 23.1 Å². The third-order valence-electron chi connectivity index (χ3n) is 1.27. The zero-order chi connectivity index (χ0) is 7.40. The molecule has 0 saturated heterocycles. The quantitative estimate of drug-likeness (QED) is 0.723. The molecule has 0 unspecified atom stereocenters. The van der Waals surface area contributed by atoms with E-state index in [1.165, 1.54) is 0 Å². The Labute approximate surface area is 65.4 Å². The summed E-state index contributed by atoms with van der Waals surface area (Å²) in [6.07, 6.45) is 6.59. The van der Waals surface area contributed by atoms with Crippen LogP contribution in [0.4, 0.5) is 0 Å². The molecule has 1 N–H and O–H groups in total. The Morgan fingerprint density at radius 3 is 3.10 bits per heavy atom. The molecule has 1 radical (unpaired) electrons. The zero-order valence-electron chi connectivity index (χ0n) is 6.05. The molecular formula is C7H11N2S. The largest absolute Gasteiger partial charge is 0.348 e. The van der Waals surface area contributed by atoms with E-state index in [1.807, 2.05) is 6.20 Å². The van der Waals surface area contributed by atoms with E-state index in [4.69, 9.17) is 0 Å². The summed E-state index contributed by atoms with van der Waals surface area (Å²) in [5.41, 5.74) is 1.09. The summed E-state index contributed by atoms with van der Waals surface area (Å²) in [6.45, 7) is 2.08. The molecule has 0 atom stereocenters. The van der Waals surface area contributed by atoms with Gasteiger partial charge in [-0.3, -0.25) is 0 Å². The standard InChI is InChI=1S/C7H11N2S/c1-3-7-8-4-6(9-7)5-10-2/h4H,2-3,5H2,1H3,(H,8,9). The minimum absolute atomic E-state index is 0.899. The highest BCUT2D eigenvalue weighted by atomic mass is 32.2. The van der Waals surface area contributed by atoms with Crippen LogP contribution in [-0.4, -0.2) is 9.97 Å². The average molecular weight is 155 g/mol. The Morgan fingerprint density at radius 1 is 1.80 bits per heavy atom. The third-order valence-corrected chi connectivity index (χ3v) is 1.77. The van der Waals surface area contributed by atoms with E-state index in [0.29, 0.717) is 0 Å². The Balaban J connectivity index is 2.59. The van der Waals surface area contributed by atoms with Crippen LogP contribution in [0.3, 0.4) is 0 Å². The van der Waals surface area contributed by atoms with Gasteiger partial charge >= 0.3 is 0 Å². The van der Waals surface area contributed by atoms with Gasteiger partial charge in [0.05, 0.1) is 5.69 Å². The second-order valence-corrected chi connectivity index (χ2v) is 2.74. The van der Waals surface area contributed by atoms with Gasteiger partial charge in [-0.2, -0.15) is 11.8 Å². The highest BCUT2D eigenvalue weighted by molar-refractivity contribution is 7.99. The van der Waals surface area contributed by atoms with Crippen LogP contribution in [0.2, 0.25) is 0 Å². The van der Waals surface area contributed by atoms with Crippen LogP contribution in [0, 0.1) is 6.26 Å². The molecule has 0 aliphatic carbocycles. The number of thioether (sulfide) groups is 1. The van der Waals surface area contributed by atoms with Crippen molar-refractivity contribution in [3.63, 3.8) is 0 Å². The Morgan fingerprint density at radius 2 is 2.60 bits per heavy atom. The molecule has 0 fully saturated rings. The molecule has 0 bridgehead atoms. The normalized spacial score (nSPS) is 10.2. The third kappa shape index (κ3) is 1.77. The first kappa shape index (κ1) is 7.66. The van der Waals surface area contributed by atoms with Gasteiger partial charge in [-0.15, -0.1) is 0 Å². The second kappa shape index (κ2) is 3.66. The number of rotatable bonds is 3. The van der Waals surface area contributed by atoms with E-state index in [1.54, 1.807) is 11.8 Å². The van der Waals surface area contributed by atoms with Crippen molar-refractivity contribution in [2.24, 2.45) is 0 Å². The smallest absolute Gasteiger partial charge is 0.106 e. The number of aromatic nitrogens is 2. The van der Waals surface area contributed by atoms with Crippen LogP contribution in [0.5, 0.6) is 0 Å². The Hall–Kier alpha value is -0.440. The summed E-state index contributed by atoms with van der Waals surface area (Å²) in [6, 6.07) is 0. The van der Waals surface area contributed by atoms with E-state index in [9.17, 15) is 0 Å². The zero-order valence-corrected chi connectivity index (χ0v) is 6.87. The summed E-state index contributed by atoms with van der Waals surface area (Å²) in [7, 11) is 0. The predicted molar refractivity (Wildman–Crippen MR) is 44.6 cm³/mol. The molecule has 1 aromatic heterocycles. The topological polar surface area (TPSA) is 28.7 Å². The lowest BCUT2D eigenvalue weighted by Crippen LogP contribution is -1.82. The molecule has 0 saturated carbocycles. The molecule has 0 aromatic carbocycles. The van der Waals surface area contributed by atoms with E-state index < -0.39 is 0 Å². The molecule has 0 amide bonds. The number of hydrogen-bond donors (Lipinski definition) is 1. The Kier molecular flexibility index (Phi) is 2.81. The predicted octanol–water partition coefficient (Wildman–Crippen LogP) is 2.00. The number of nitrogens with zero attached hydrogens (tertiary/aromatic N) is 1. The van der Waals surface area contributed by atoms with Crippen molar-refractivity contribution in [2.75, 3.05) is 0 Å². The summed E-state index contributed by atoms with van der Waals surface area (Å²) >= 11 is 1.55. The molecule has 0 aliphatic heterocycles. The van der Waals surface area contributed by atoms with Crippen LogP contribution in [0.25, 0.3) is 0 Å². The van der Waals surface area contributed by atoms with Crippen molar-refractivity contribution in [1.29, 1.82) is 0 Å². The summed E-state index contributed by atoms with van der Waals surface area (Å²) < 4.78 is 0. The van der Waals surface area contributed by atoms with E-state index in [0.717, 1.165) is 23.7 Å². The summed E-state index contributed by atoms with van der Waals surface area (Å²) in [4.78, 5) is 7.39. The van der Waals surface area contributed by atoms with Crippen molar-refractivity contribution in [3.8, 4) is 0 Å². The van der Waals surface area contributed by atoms with Crippen molar-refractivity contribution in [3.05, 3.63) is 24.0 Å². The minimum atomic E-state index is 0.899. The van der Waals surface area contributed by atoms with Crippen molar-refractivity contribution in [2.45, 2.75) is 19.1 Å². The van der Waals surface area contributed by atoms with Gasteiger partial charge in [0.1, 0.15) is 5.82 Å². The number of nitrogens with one attached hydrogen (secondary N) is 1. The highest BCUT2D eigenvalue weighted by Crippen LogP contribution is 2.07. The van der Waals surface area contributed by atoms with E-state index >= 15 is 0 Å². The molecule has 0 spiro atoms. The molecule has 0 aliphatic rings. The first-order valence-corrected chi connectivity index (χ1v) is 4.42. The first-order valence-electron chi connectivity index (χ1n) is 3.27. The van der Waals surface area contributed by atoms with Crippen molar-refractivity contribution in [1.82, 2.24) is 9.97 Å². The first-order chi connectivity index (χ1) is 4.86. The number of H-pyrrole nitrogens is 1. The molecule has 1 rings (SSSR count). The highest BCUT2D eigenvalue weighted by Gasteiger charge is 1.96. The van der Waals surface area contributed by atoms with Crippen LogP contribution >= 0.6 is 11.8 Å². The summed E-state index contributed by atoms with van der Waals surface area (Å²) in [5, 5.41) is 0. The minimum Gasteiger partial charge on any atom is -0.348 e. The Bertz CT molecular complexity index is 195. The fourth-order valence-corrected chi connectivity index (χ4v) is 1.12. The molecule has 55 valence electrons. The van der Waals surface area contributed by atoms with Crippen molar-refractivity contribution >= 4 is 11.8 Å². The van der Waals surface area contributed by atoms with Crippen LogP contribution in [0.1, 0.15) is 18.4 Å². The van der Waals surface area contributed by atoms with Gasteiger partial charge in [0.25, 0.3) is 0 Å². The van der Waals surface area contributed by atoms with Crippen LogP contribution < -0.4 is 0 Å². The van der Waals surface area contributed by atoms with Gasteiger partial charge in [-0.05, 0) is 0 Å². The SMILES string of the molecule is [CH2]SCc1c[nH]c(CC)n1.